The van der Waals surface area contributed by atoms with E-state index >= 15 is 0 Å². The molecule has 5 heteroatoms. The Morgan fingerprint density at radius 1 is 0.848 bits per heavy atom. The van der Waals surface area contributed by atoms with E-state index in [1.807, 2.05) is 42.5 Å². The number of nitrogens with zero attached hydrogens (tertiary/aromatic N) is 3. The van der Waals surface area contributed by atoms with Crippen LogP contribution in [0.25, 0.3) is 34.0 Å². The summed E-state index contributed by atoms with van der Waals surface area (Å²) in [6.07, 6.45) is 6.57. The van der Waals surface area contributed by atoms with Crippen molar-refractivity contribution in [1.29, 1.82) is 0 Å². The fourth-order valence-electron chi connectivity index (χ4n) is 4.24. The van der Waals surface area contributed by atoms with E-state index in [9.17, 15) is 9.90 Å². The van der Waals surface area contributed by atoms with Gasteiger partial charge in [-0.2, -0.15) is 0 Å². The molecular weight excluding hydrogens is 410 g/mol. The van der Waals surface area contributed by atoms with E-state index < -0.39 is 0 Å². The van der Waals surface area contributed by atoms with Crippen molar-refractivity contribution in [1.82, 2.24) is 14.1 Å². The van der Waals surface area contributed by atoms with Gasteiger partial charge in [-0.15, -0.1) is 0 Å². The molecule has 3 aromatic carbocycles. The van der Waals surface area contributed by atoms with Gasteiger partial charge in [0.1, 0.15) is 5.82 Å². The summed E-state index contributed by atoms with van der Waals surface area (Å²) in [5.41, 5.74) is 4.06. The Hall–Kier alpha value is -3.96. The van der Waals surface area contributed by atoms with Gasteiger partial charge in [0.05, 0.1) is 10.9 Å². The summed E-state index contributed by atoms with van der Waals surface area (Å²) in [5.74, 6) is 0.590. The van der Waals surface area contributed by atoms with E-state index in [0.29, 0.717) is 29.7 Å². The molecular formula is C28H25N3O2. The van der Waals surface area contributed by atoms with E-state index in [0.717, 1.165) is 23.0 Å². The number of aliphatic hydroxyl groups is 1. The van der Waals surface area contributed by atoms with Crippen molar-refractivity contribution in [2.24, 2.45) is 0 Å². The highest BCUT2D eigenvalue weighted by molar-refractivity contribution is 5.92. The third-order valence-electron chi connectivity index (χ3n) is 5.86. The summed E-state index contributed by atoms with van der Waals surface area (Å²) in [5, 5.41) is 11.1. The van der Waals surface area contributed by atoms with Crippen LogP contribution in [0.3, 0.4) is 0 Å². The van der Waals surface area contributed by atoms with Gasteiger partial charge in [-0.1, -0.05) is 60.7 Å². The molecule has 164 valence electrons. The fourth-order valence-corrected chi connectivity index (χ4v) is 4.24. The first-order chi connectivity index (χ1) is 16.2. The lowest BCUT2D eigenvalue weighted by atomic mass is 10.1. The van der Waals surface area contributed by atoms with Gasteiger partial charge in [0.25, 0.3) is 5.56 Å². The highest BCUT2D eigenvalue weighted by atomic mass is 16.3. The summed E-state index contributed by atoms with van der Waals surface area (Å²) in [6, 6.07) is 26.1. The number of benzene rings is 3. The standard InChI is InChI=1S/C28H25N3O2/c32-18-8-17-31-27(29-25-13-6-4-12-24(25)28(31)33)16-15-22-20-30(19-21-9-2-1-3-10-21)26-14-7-5-11-23(22)26/h1-7,9-16,20,32H,8,17-19H2/b16-15+. The molecule has 0 radical (unpaired) electrons. The van der Waals surface area contributed by atoms with E-state index in [-0.39, 0.29) is 12.2 Å². The van der Waals surface area contributed by atoms with E-state index in [1.165, 1.54) is 5.56 Å². The molecule has 0 aliphatic carbocycles. The Bertz CT molecular complexity index is 1500. The number of aromatic nitrogens is 3. The smallest absolute Gasteiger partial charge is 0.261 e. The number of para-hydroxylation sites is 2. The van der Waals surface area contributed by atoms with Gasteiger partial charge in [0.2, 0.25) is 0 Å². The number of hydrogen-bond acceptors (Lipinski definition) is 3. The van der Waals surface area contributed by atoms with Crippen LogP contribution in [0.2, 0.25) is 0 Å². The van der Waals surface area contributed by atoms with Crippen LogP contribution < -0.4 is 5.56 Å². The lowest BCUT2D eigenvalue weighted by molar-refractivity contribution is 0.278. The molecule has 5 rings (SSSR count). The lowest BCUT2D eigenvalue weighted by Gasteiger charge is -2.10. The second-order valence-corrected chi connectivity index (χ2v) is 8.07. The van der Waals surface area contributed by atoms with Gasteiger partial charge >= 0.3 is 0 Å². The number of rotatable bonds is 7. The first kappa shape index (κ1) is 20.9. The predicted octanol–water partition coefficient (Wildman–Crippen LogP) is 4.95. The molecule has 0 saturated heterocycles. The van der Waals surface area contributed by atoms with Crippen LogP contribution in [0.5, 0.6) is 0 Å². The SMILES string of the molecule is O=c1c2ccccc2nc(/C=C/c2cn(Cc3ccccc3)c3ccccc23)n1CCCO. The normalized spacial score (nSPS) is 11.7. The van der Waals surface area contributed by atoms with Crippen LogP contribution in [0, 0.1) is 0 Å². The average molecular weight is 436 g/mol. The first-order valence-corrected chi connectivity index (χ1v) is 11.1. The van der Waals surface area contributed by atoms with Crippen LogP contribution in [0.15, 0.2) is 89.9 Å². The van der Waals surface area contributed by atoms with Crippen LogP contribution in [0.1, 0.15) is 23.4 Å². The molecule has 0 atom stereocenters. The lowest BCUT2D eigenvalue weighted by Crippen LogP contribution is -2.24. The largest absolute Gasteiger partial charge is 0.396 e. The minimum Gasteiger partial charge on any atom is -0.396 e. The molecule has 33 heavy (non-hydrogen) atoms. The molecule has 0 aliphatic heterocycles. The molecule has 0 saturated carbocycles. The maximum absolute atomic E-state index is 13.1. The molecule has 0 unspecified atom stereocenters. The Labute approximate surface area is 191 Å². The Balaban J connectivity index is 1.58. The van der Waals surface area contributed by atoms with Gasteiger partial charge in [0.15, 0.2) is 0 Å². The van der Waals surface area contributed by atoms with Crippen LogP contribution in [-0.4, -0.2) is 25.8 Å². The van der Waals surface area contributed by atoms with E-state index in [2.05, 4.69) is 53.2 Å². The molecule has 0 fully saturated rings. The van der Waals surface area contributed by atoms with E-state index in [1.54, 1.807) is 10.6 Å². The molecule has 0 amide bonds. The van der Waals surface area contributed by atoms with Crippen molar-refractivity contribution in [2.45, 2.75) is 19.5 Å². The quantitative estimate of drug-likeness (QED) is 0.393. The molecule has 5 nitrogen and oxygen atoms in total. The number of fused-ring (bicyclic) bond motifs is 2. The van der Waals surface area contributed by atoms with Crippen molar-refractivity contribution < 1.29 is 5.11 Å². The summed E-state index contributed by atoms with van der Waals surface area (Å²) in [7, 11) is 0. The van der Waals surface area contributed by atoms with Gasteiger partial charge < -0.3 is 9.67 Å². The van der Waals surface area contributed by atoms with E-state index in [4.69, 9.17) is 4.98 Å². The monoisotopic (exact) mass is 435 g/mol. The van der Waals surface area contributed by atoms with Gasteiger partial charge in [-0.25, -0.2) is 4.98 Å². The van der Waals surface area contributed by atoms with Gasteiger partial charge in [-0.05, 0) is 42.3 Å². The van der Waals surface area contributed by atoms with Crippen molar-refractivity contribution >= 4 is 34.0 Å². The molecule has 0 aliphatic rings. The number of hydrogen-bond donors (Lipinski definition) is 1. The summed E-state index contributed by atoms with van der Waals surface area (Å²) in [4.78, 5) is 17.8. The first-order valence-electron chi connectivity index (χ1n) is 11.1. The zero-order chi connectivity index (χ0) is 22.6. The zero-order valence-electron chi connectivity index (χ0n) is 18.3. The highest BCUT2D eigenvalue weighted by Crippen LogP contribution is 2.24. The maximum atomic E-state index is 13.1. The average Bonchev–Trinajstić information content (AvgIpc) is 3.20. The molecule has 0 spiro atoms. The van der Waals surface area contributed by atoms with Crippen LogP contribution >= 0.6 is 0 Å². The third-order valence-corrected chi connectivity index (χ3v) is 5.86. The maximum Gasteiger partial charge on any atom is 0.261 e. The molecule has 1 N–H and O–H groups in total. The summed E-state index contributed by atoms with van der Waals surface area (Å²) >= 11 is 0. The van der Waals surface area contributed by atoms with Crippen LogP contribution in [-0.2, 0) is 13.1 Å². The van der Waals surface area contributed by atoms with Gasteiger partial charge in [-0.3, -0.25) is 9.36 Å². The predicted molar refractivity (Wildman–Crippen MR) is 134 cm³/mol. The second-order valence-electron chi connectivity index (χ2n) is 8.07. The second kappa shape index (κ2) is 9.27. The molecule has 2 heterocycles. The molecule has 0 bridgehead atoms. The number of aliphatic hydroxyl groups excluding tert-OH is 1. The molecule has 2 aromatic heterocycles. The summed E-state index contributed by atoms with van der Waals surface area (Å²) in [6.45, 7) is 1.22. The van der Waals surface area contributed by atoms with Gasteiger partial charge in [0, 0.05) is 42.4 Å². The Morgan fingerprint density at radius 2 is 1.58 bits per heavy atom. The van der Waals surface area contributed by atoms with Crippen molar-refractivity contribution in [2.75, 3.05) is 6.61 Å². The topological polar surface area (TPSA) is 60.0 Å². The van der Waals surface area contributed by atoms with Crippen molar-refractivity contribution in [3.8, 4) is 0 Å². The summed E-state index contributed by atoms with van der Waals surface area (Å²) < 4.78 is 3.90. The highest BCUT2D eigenvalue weighted by Gasteiger charge is 2.10. The zero-order valence-corrected chi connectivity index (χ0v) is 18.3. The fraction of sp³-hybridized carbons (Fsp3) is 0.143. The van der Waals surface area contributed by atoms with Crippen molar-refractivity contribution in [3.05, 3.63) is 112 Å². The van der Waals surface area contributed by atoms with Crippen molar-refractivity contribution in [3.63, 3.8) is 0 Å². The Kier molecular flexibility index (Phi) is 5.87. The minimum atomic E-state index is -0.0831. The Morgan fingerprint density at radius 3 is 2.39 bits per heavy atom. The third kappa shape index (κ3) is 4.23. The van der Waals surface area contributed by atoms with Crippen LogP contribution in [0.4, 0.5) is 0 Å². The minimum absolute atomic E-state index is 0.0232. The molecule has 5 aromatic rings.